The number of carbonyl (C=O) groups is 1. The molecule has 1 aliphatic heterocycles. The van der Waals surface area contributed by atoms with Crippen molar-refractivity contribution >= 4 is 17.3 Å². The fraction of sp³-hybridized carbons (Fsp3) is 0.273. The zero-order valence-corrected chi connectivity index (χ0v) is 8.70. The molecule has 1 amide bonds. The number of rotatable bonds is 2. The molecule has 0 saturated heterocycles. The molecule has 0 aromatic heterocycles. The Labute approximate surface area is 91.4 Å². The maximum atomic E-state index is 13.4. The summed E-state index contributed by atoms with van der Waals surface area (Å²) >= 11 is 0. The molecule has 84 valence electrons. The van der Waals surface area contributed by atoms with Crippen LogP contribution in [0.15, 0.2) is 23.3 Å². The third kappa shape index (κ3) is 1.80. The molecule has 1 aromatic rings. The van der Waals surface area contributed by atoms with E-state index in [4.69, 9.17) is 0 Å². The SMILES string of the molecule is CCC1=NN(c2ccc(F)cc2F)C(=O)C1. The van der Waals surface area contributed by atoms with Gasteiger partial charge in [-0.05, 0) is 18.6 Å². The predicted octanol–water partition coefficient (Wildman–Crippen LogP) is 2.47. The Kier molecular flexibility index (Phi) is 2.68. The lowest BCUT2D eigenvalue weighted by atomic mass is 10.2. The number of hydrogen-bond acceptors (Lipinski definition) is 2. The molecule has 0 fully saturated rings. The molecule has 1 heterocycles. The van der Waals surface area contributed by atoms with E-state index in [9.17, 15) is 13.6 Å². The van der Waals surface area contributed by atoms with Gasteiger partial charge >= 0.3 is 0 Å². The molecule has 16 heavy (non-hydrogen) atoms. The molecule has 0 aliphatic carbocycles. The normalized spacial score (nSPS) is 15.6. The second-order valence-corrected chi connectivity index (χ2v) is 3.50. The lowest BCUT2D eigenvalue weighted by Crippen LogP contribution is -2.20. The first-order valence-corrected chi connectivity index (χ1v) is 4.96. The summed E-state index contributed by atoms with van der Waals surface area (Å²) in [6.07, 6.45) is 0.846. The highest BCUT2D eigenvalue weighted by Gasteiger charge is 2.26. The molecule has 0 saturated carbocycles. The Morgan fingerprint density at radius 2 is 2.19 bits per heavy atom. The van der Waals surface area contributed by atoms with Gasteiger partial charge in [0.05, 0.1) is 6.42 Å². The van der Waals surface area contributed by atoms with Crippen LogP contribution in [0.2, 0.25) is 0 Å². The van der Waals surface area contributed by atoms with E-state index in [2.05, 4.69) is 5.10 Å². The molecule has 1 aromatic carbocycles. The smallest absolute Gasteiger partial charge is 0.253 e. The molecule has 0 bridgehead atoms. The number of anilines is 1. The molecular weight excluding hydrogens is 214 g/mol. The summed E-state index contributed by atoms with van der Waals surface area (Å²) in [6, 6.07) is 3.05. The van der Waals surface area contributed by atoms with Crippen LogP contribution in [0.25, 0.3) is 0 Å². The van der Waals surface area contributed by atoms with E-state index in [1.165, 1.54) is 6.07 Å². The Morgan fingerprint density at radius 3 is 2.75 bits per heavy atom. The number of hydrogen-bond donors (Lipinski definition) is 0. The molecule has 0 N–H and O–H groups in total. The van der Waals surface area contributed by atoms with Crippen LogP contribution in [0.5, 0.6) is 0 Å². The standard InChI is InChI=1S/C11H10F2N2O/c1-2-8-6-11(16)15(14-8)10-4-3-7(12)5-9(10)13/h3-5H,2,6H2,1H3. The first-order valence-electron chi connectivity index (χ1n) is 4.96. The first kappa shape index (κ1) is 10.7. The number of halogens is 2. The Morgan fingerprint density at radius 1 is 1.44 bits per heavy atom. The van der Waals surface area contributed by atoms with Gasteiger partial charge < -0.3 is 0 Å². The Balaban J connectivity index is 2.38. The number of benzene rings is 1. The fourth-order valence-corrected chi connectivity index (χ4v) is 1.52. The highest BCUT2D eigenvalue weighted by Crippen LogP contribution is 2.24. The van der Waals surface area contributed by atoms with Gasteiger partial charge in [-0.1, -0.05) is 6.92 Å². The van der Waals surface area contributed by atoms with Crippen LogP contribution < -0.4 is 5.01 Å². The van der Waals surface area contributed by atoms with E-state index in [0.717, 1.165) is 17.1 Å². The second kappa shape index (κ2) is 4.00. The van der Waals surface area contributed by atoms with Crippen LogP contribution in [0.4, 0.5) is 14.5 Å². The average molecular weight is 224 g/mol. The molecule has 1 aliphatic rings. The molecule has 5 heteroatoms. The molecule has 0 spiro atoms. The van der Waals surface area contributed by atoms with Crippen LogP contribution in [0, 0.1) is 11.6 Å². The summed E-state index contributed by atoms with van der Waals surface area (Å²) in [5, 5.41) is 4.98. The number of amides is 1. The van der Waals surface area contributed by atoms with Crippen molar-refractivity contribution in [3.8, 4) is 0 Å². The second-order valence-electron chi connectivity index (χ2n) is 3.50. The van der Waals surface area contributed by atoms with Gasteiger partial charge in [-0.15, -0.1) is 0 Å². The largest absolute Gasteiger partial charge is 0.272 e. The highest BCUT2D eigenvalue weighted by molar-refractivity contribution is 6.12. The topological polar surface area (TPSA) is 32.7 Å². The summed E-state index contributed by atoms with van der Waals surface area (Å²) in [4.78, 5) is 11.5. The van der Waals surface area contributed by atoms with E-state index >= 15 is 0 Å². The van der Waals surface area contributed by atoms with Gasteiger partial charge in [0.25, 0.3) is 5.91 Å². The summed E-state index contributed by atoms with van der Waals surface area (Å²) < 4.78 is 26.1. The summed E-state index contributed by atoms with van der Waals surface area (Å²) in [5.74, 6) is -1.75. The van der Waals surface area contributed by atoms with Crippen LogP contribution in [-0.2, 0) is 4.79 Å². The summed E-state index contributed by atoms with van der Waals surface area (Å²) in [7, 11) is 0. The minimum Gasteiger partial charge on any atom is -0.272 e. The van der Waals surface area contributed by atoms with Gasteiger partial charge in [-0.3, -0.25) is 4.79 Å². The van der Waals surface area contributed by atoms with Crippen LogP contribution in [0.3, 0.4) is 0 Å². The molecule has 0 atom stereocenters. The monoisotopic (exact) mass is 224 g/mol. The van der Waals surface area contributed by atoms with Crippen molar-refractivity contribution in [3.05, 3.63) is 29.8 Å². The number of nitrogens with zero attached hydrogens (tertiary/aromatic N) is 2. The maximum Gasteiger partial charge on any atom is 0.253 e. The minimum atomic E-state index is -0.783. The molecule has 0 unspecified atom stereocenters. The van der Waals surface area contributed by atoms with Crippen LogP contribution >= 0.6 is 0 Å². The fourth-order valence-electron chi connectivity index (χ4n) is 1.52. The van der Waals surface area contributed by atoms with Crippen molar-refractivity contribution in [2.75, 3.05) is 5.01 Å². The van der Waals surface area contributed by atoms with Gasteiger partial charge in [0.1, 0.15) is 11.5 Å². The minimum absolute atomic E-state index is 0.00477. The highest BCUT2D eigenvalue weighted by atomic mass is 19.1. The molecule has 0 radical (unpaired) electrons. The van der Waals surface area contributed by atoms with Gasteiger partial charge in [-0.25, -0.2) is 8.78 Å². The third-order valence-electron chi connectivity index (χ3n) is 2.38. The van der Waals surface area contributed by atoms with Crippen LogP contribution in [0.1, 0.15) is 19.8 Å². The molecule has 3 nitrogen and oxygen atoms in total. The maximum absolute atomic E-state index is 13.4. The Bertz CT molecular complexity index is 471. The van der Waals surface area contributed by atoms with E-state index < -0.39 is 11.6 Å². The van der Waals surface area contributed by atoms with E-state index in [-0.39, 0.29) is 18.0 Å². The van der Waals surface area contributed by atoms with Crippen molar-refractivity contribution in [2.45, 2.75) is 19.8 Å². The predicted molar refractivity (Wildman–Crippen MR) is 56.2 cm³/mol. The van der Waals surface area contributed by atoms with Gasteiger partial charge in [0.2, 0.25) is 0 Å². The third-order valence-corrected chi connectivity index (χ3v) is 2.38. The van der Waals surface area contributed by atoms with Crippen molar-refractivity contribution in [1.82, 2.24) is 0 Å². The van der Waals surface area contributed by atoms with Crippen molar-refractivity contribution < 1.29 is 13.6 Å². The zero-order valence-electron chi connectivity index (χ0n) is 8.70. The number of hydrazone groups is 1. The van der Waals surface area contributed by atoms with Crippen molar-refractivity contribution in [2.24, 2.45) is 5.10 Å². The van der Waals surface area contributed by atoms with Crippen molar-refractivity contribution in [1.29, 1.82) is 0 Å². The lowest BCUT2D eigenvalue weighted by Gasteiger charge is -2.12. The van der Waals surface area contributed by atoms with E-state index in [1.807, 2.05) is 6.92 Å². The zero-order chi connectivity index (χ0) is 11.7. The summed E-state index contributed by atoms with van der Waals surface area (Å²) in [5.41, 5.74) is 0.698. The van der Waals surface area contributed by atoms with Gasteiger partial charge in [0.15, 0.2) is 5.82 Å². The van der Waals surface area contributed by atoms with Crippen molar-refractivity contribution in [3.63, 3.8) is 0 Å². The van der Waals surface area contributed by atoms with Crippen LogP contribution in [-0.4, -0.2) is 11.6 Å². The van der Waals surface area contributed by atoms with E-state index in [0.29, 0.717) is 12.1 Å². The molecular formula is C11H10F2N2O. The average Bonchev–Trinajstić information content (AvgIpc) is 2.60. The van der Waals surface area contributed by atoms with Gasteiger partial charge in [-0.2, -0.15) is 10.1 Å². The number of carbonyl (C=O) groups excluding carboxylic acids is 1. The summed E-state index contributed by atoms with van der Waals surface area (Å²) in [6.45, 7) is 1.87. The van der Waals surface area contributed by atoms with E-state index in [1.54, 1.807) is 0 Å². The first-order chi connectivity index (χ1) is 7.61. The van der Waals surface area contributed by atoms with Gasteiger partial charge in [0, 0.05) is 11.8 Å². The Hall–Kier alpha value is -1.78. The quantitative estimate of drug-likeness (QED) is 0.759. The lowest BCUT2D eigenvalue weighted by molar-refractivity contribution is -0.116. The molecule has 2 rings (SSSR count).